The number of benzene rings is 1. The van der Waals surface area contributed by atoms with Crippen molar-refractivity contribution in [2.75, 3.05) is 0 Å². The van der Waals surface area contributed by atoms with Crippen LogP contribution < -0.4 is 0 Å². The van der Waals surface area contributed by atoms with Gasteiger partial charge in [-0.2, -0.15) is 0 Å². The summed E-state index contributed by atoms with van der Waals surface area (Å²) in [5.74, 6) is 0.603. The Bertz CT molecular complexity index is 301. The molecule has 0 aromatic heterocycles. The van der Waals surface area contributed by atoms with Crippen molar-refractivity contribution < 1.29 is 5.11 Å². The van der Waals surface area contributed by atoms with Crippen LogP contribution in [-0.2, 0) is 6.42 Å². The molecule has 1 N–H and O–H groups in total. The Balaban J connectivity index is 1.59. The van der Waals surface area contributed by atoms with Crippen LogP contribution in [0.5, 0.6) is 0 Å². The fraction of sp³-hybridized carbons (Fsp3) is 0.625. The topological polar surface area (TPSA) is 20.2 Å². The highest BCUT2D eigenvalue weighted by atomic mass is 16.3. The van der Waals surface area contributed by atoms with Gasteiger partial charge in [0.05, 0.1) is 6.10 Å². The van der Waals surface area contributed by atoms with Crippen molar-refractivity contribution in [3.8, 4) is 0 Å². The lowest BCUT2D eigenvalue weighted by Crippen LogP contribution is -2.17. The predicted molar refractivity (Wildman–Crippen MR) is 72.0 cm³/mol. The zero-order chi connectivity index (χ0) is 11.9. The van der Waals surface area contributed by atoms with Gasteiger partial charge in [-0.25, -0.2) is 0 Å². The van der Waals surface area contributed by atoms with Crippen LogP contribution in [0.4, 0.5) is 0 Å². The minimum Gasteiger partial charge on any atom is -0.393 e. The summed E-state index contributed by atoms with van der Waals surface area (Å²) in [5.41, 5.74) is 1.42. The molecule has 1 aromatic carbocycles. The number of rotatable bonds is 6. The monoisotopic (exact) mass is 232 g/mol. The van der Waals surface area contributed by atoms with Crippen molar-refractivity contribution in [1.29, 1.82) is 0 Å². The first-order valence-electron chi connectivity index (χ1n) is 7.08. The Labute approximate surface area is 105 Å². The molecule has 1 aromatic rings. The second kappa shape index (κ2) is 6.80. The molecule has 0 aliphatic heterocycles. The molecule has 1 heteroatoms. The number of hydrogen-bond donors (Lipinski definition) is 1. The molecule has 1 aliphatic rings. The zero-order valence-electron chi connectivity index (χ0n) is 10.6. The lowest BCUT2D eigenvalue weighted by atomic mass is 9.95. The van der Waals surface area contributed by atoms with Gasteiger partial charge in [-0.05, 0) is 43.6 Å². The summed E-state index contributed by atoms with van der Waals surface area (Å²) in [5, 5.41) is 10.0. The summed E-state index contributed by atoms with van der Waals surface area (Å²) in [6.07, 6.45) is 9.63. The van der Waals surface area contributed by atoms with Gasteiger partial charge in [0.1, 0.15) is 0 Å². The summed E-state index contributed by atoms with van der Waals surface area (Å²) in [7, 11) is 0. The molecule has 94 valence electrons. The van der Waals surface area contributed by atoms with Gasteiger partial charge in [0.25, 0.3) is 0 Å². The van der Waals surface area contributed by atoms with Gasteiger partial charge in [-0.1, -0.05) is 49.6 Å². The van der Waals surface area contributed by atoms with Crippen molar-refractivity contribution in [3.63, 3.8) is 0 Å². The summed E-state index contributed by atoms with van der Waals surface area (Å²) >= 11 is 0. The van der Waals surface area contributed by atoms with Crippen LogP contribution in [0.2, 0.25) is 0 Å². The SMILES string of the molecule is OC(CCCCc1ccccc1)C1CCCC1. The lowest BCUT2D eigenvalue weighted by molar-refractivity contribution is 0.0991. The van der Waals surface area contributed by atoms with Gasteiger partial charge in [-0.3, -0.25) is 0 Å². The van der Waals surface area contributed by atoms with Crippen LogP contribution in [-0.4, -0.2) is 11.2 Å². The number of unbranched alkanes of at least 4 members (excludes halogenated alkanes) is 1. The first kappa shape index (κ1) is 12.6. The number of aliphatic hydroxyl groups is 1. The highest BCUT2D eigenvalue weighted by Crippen LogP contribution is 2.29. The van der Waals surface area contributed by atoms with E-state index in [0.717, 1.165) is 19.3 Å². The summed E-state index contributed by atoms with van der Waals surface area (Å²) in [4.78, 5) is 0. The molecule has 1 saturated carbocycles. The Morgan fingerprint density at radius 2 is 1.76 bits per heavy atom. The largest absolute Gasteiger partial charge is 0.393 e. The average Bonchev–Trinajstić information content (AvgIpc) is 2.89. The third-order valence-corrected chi connectivity index (χ3v) is 4.00. The molecule has 0 bridgehead atoms. The minimum atomic E-state index is -0.0340. The molecular weight excluding hydrogens is 208 g/mol. The Kier molecular flexibility index (Phi) is 5.06. The van der Waals surface area contributed by atoms with Gasteiger partial charge in [0.2, 0.25) is 0 Å². The molecule has 0 heterocycles. The molecule has 1 unspecified atom stereocenters. The van der Waals surface area contributed by atoms with E-state index in [-0.39, 0.29) is 6.10 Å². The molecule has 2 rings (SSSR count). The van der Waals surface area contributed by atoms with Crippen molar-refractivity contribution in [1.82, 2.24) is 0 Å². The maximum absolute atomic E-state index is 10.0. The van der Waals surface area contributed by atoms with Gasteiger partial charge in [0, 0.05) is 0 Å². The van der Waals surface area contributed by atoms with Crippen LogP contribution >= 0.6 is 0 Å². The van der Waals surface area contributed by atoms with Crippen molar-refractivity contribution in [2.24, 2.45) is 5.92 Å². The van der Waals surface area contributed by atoms with E-state index in [2.05, 4.69) is 30.3 Å². The highest BCUT2D eigenvalue weighted by Gasteiger charge is 2.22. The molecule has 1 atom stereocenters. The van der Waals surface area contributed by atoms with E-state index in [1.807, 2.05) is 0 Å². The fourth-order valence-corrected chi connectivity index (χ4v) is 2.91. The maximum Gasteiger partial charge on any atom is 0.0568 e. The highest BCUT2D eigenvalue weighted by molar-refractivity contribution is 5.14. The van der Waals surface area contributed by atoms with Gasteiger partial charge in [0.15, 0.2) is 0 Å². The van der Waals surface area contributed by atoms with Gasteiger partial charge in [-0.15, -0.1) is 0 Å². The minimum absolute atomic E-state index is 0.0340. The van der Waals surface area contributed by atoms with Gasteiger partial charge < -0.3 is 5.11 Å². The second-order valence-corrected chi connectivity index (χ2v) is 5.34. The summed E-state index contributed by atoms with van der Waals surface area (Å²) in [6.45, 7) is 0. The first-order chi connectivity index (χ1) is 8.36. The molecule has 0 spiro atoms. The van der Waals surface area contributed by atoms with Crippen molar-refractivity contribution >= 4 is 0 Å². The van der Waals surface area contributed by atoms with E-state index in [0.29, 0.717) is 5.92 Å². The van der Waals surface area contributed by atoms with E-state index >= 15 is 0 Å². The van der Waals surface area contributed by atoms with E-state index in [9.17, 15) is 5.11 Å². The molecule has 17 heavy (non-hydrogen) atoms. The molecule has 0 radical (unpaired) electrons. The van der Waals surface area contributed by atoms with E-state index in [4.69, 9.17) is 0 Å². The number of aliphatic hydroxyl groups excluding tert-OH is 1. The van der Waals surface area contributed by atoms with Crippen LogP contribution in [0.1, 0.15) is 50.5 Å². The van der Waals surface area contributed by atoms with Crippen LogP contribution in [0.3, 0.4) is 0 Å². The molecule has 0 amide bonds. The van der Waals surface area contributed by atoms with E-state index in [1.54, 1.807) is 0 Å². The van der Waals surface area contributed by atoms with Gasteiger partial charge >= 0.3 is 0 Å². The Hall–Kier alpha value is -0.820. The second-order valence-electron chi connectivity index (χ2n) is 5.34. The normalized spacial score (nSPS) is 18.4. The quantitative estimate of drug-likeness (QED) is 0.736. The van der Waals surface area contributed by atoms with Crippen LogP contribution in [0, 0.1) is 5.92 Å². The average molecular weight is 232 g/mol. The smallest absolute Gasteiger partial charge is 0.0568 e. The van der Waals surface area contributed by atoms with Crippen molar-refractivity contribution in [3.05, 3.63) is 35.9 Å². The molecule has 1 fully saturated rings. The Morgan fingerprint density at radius 3 is 2.47 bits per heavy atom. The molecule has 0 saturated heterocycles. The summed E-state index contributed by atoms with van der Waals surface area (Å²) in [6, 6.07) is 10.6. The zero-order valence-corrected chi connectivity index (χ0v) is 10.6. The van der Waals surface area contributed by atoms with Crippen molar-refractivity contribution in [2.45, 2.75) is 57.5 Å². The number of hydrogen-bond acceptors (Lipinski definition) is 1. The van der Waals surface area contributed by atoms with E-state index < -0.39 is 0 Å². The van der Waals surface area contributed by atoms with Crippen LogP contribution in [0.25, 0.3) is 0 Å². The predicted octanol–water partition coefficient (Wildman–Crippen LogP) is 3.95. The van der Waals surface area contributed by atoms with E-state index in [1.165, 1.54) is 37.7 Å². The lowest BCUT2D eigenvalue weighted by Gasteiger charge is -2.17. The summed E-state index contributed by atoms with van der Waals surface area (Å²) < 4.78 is 0. The van der Waals surface area contributed by atoms with Crippen LogP contribution in [0.15, 0.2) is 30.3 Å². The third-order valence-electron chi connectivity index (χ3n) is 4.00. The standard InChI is InChI=1S/C16H24O/c17-16(15-11-5-6-12-15)13-7-4-10-14-8-2-1-3-9-14/h1-3,8-9,15-17H,4-7,10-13H2. The molecule has 1 nitrogen and oxygen atoms in total. The third kappa shape index (κ3) is 4.16. The maximum atomic E-state index is 10.0. The first-order valence-corrected chi connectivity index (χ1v) is 7.08. The number of aryl methyl sites for hydroxylation is 1. The fourth-order valence-electron chi connectivity index (χ4n) is 2.91. The molecule has 1 aliphatic carbocycles. The Morgan fingerprint density at radius 1 is 1.06 bits per heavy atom. The molecular formula is C16H24O.